The fourth-order valence-corrected chi connectivity index (χ4v) is 1.84. The second kappa shape index (κ2) is 4.48. The van der Waals surface area contributed by atoms with Gasteiger partial charge in [-0.3, -0.25) is 4.79 Å². The molecule has 2 nitrogen and oxygen atoms in total. The normalized spacial score (nSPS) is 16.9. The van der Waals surface area contributed by atoms with Crippen LogP contribution in [0.2, 0.25) is 0 Å². The highest BCUT2D eigenvalue weighted by Crippen LogP contribution is 2.20. The molecule has 0 unspecified atom stereocenters. The van der Waals surface area contributed by atoms with Gasteiger partial charge < -0.3 is 4.90 Å². The summed E-state index contributed by atoms with van der Waals surface area (Å²) in [6.45, 7) is 5.38. The molecule has 70 valence electrons. The zero-order valence-corrected chi connectivity index (χ0v) is 8.18. The molecule has 0 aromatic rings. The summed E-state index contributed by atoms with van der Waals surface area (Å²) < 4.78 is 0. The van der Waals surface area contributed by atoms with Crippen molar-refractivity contribution in [2.45, 2.75) is 52.0 Å². The van der Waals surface area contributed by atoms with E-state index in [1.165, 1.54) is 25.7 Å². The summed E-state index contributed by atoms with van der Waals surface area (Å²) in [5, 5.41) is 0. The van der Waals surface area contributed by atoms with Crippen molar-refractivity contribution < 1.29 is 4.79 Å². The van der Waals surface area contributed by atoms with Gasteiger partial charge in [-0.15, -0.1) is 0 Å². The molecule has 0 saturated carbocycles. The predicted molar refractivity (Wildman–Crippen MR) is 49.9 cm³/mol. The van der Waals surface area contributed by atoms with E-state index in [-0.39, 0.29) is 0 Å². The summed E-state index contributed by atoms with van der Waals surface area (Å²) in [6.07, 6.45) is 5.52. The van der Waals surface area contributed by atoms with Gasteiger partial charge in [0.15, 0.2) is 0 Å². The van der Waals surface area contributed by atoms with Crippen LogP contribution in [0.25, 0.3) is 0 Å². The average Bonchev–Trinajstić information content (AvgIpc) is 2.03. The largest absolute Gasteiger partial charge is 0.339 e. The van der Waals surface area contributed by atoms with Crippen LogP contribution in [0.15, 0.2) is 0 Å². The highest BCUT2D eigenvalue weighted by atomic mass is 16.2. The van der Waals surface area contributed by atoms with Crippen LogP contribution in [-0.4, -0.2) is 23.4 Å². The van der Waals surface area contributed by atoms with E-state index in [1.54, 1.807) is 0 Å². The molecule has 0 aromatic carbocycles. The van der Waals surface area contributed by atoms with Crippen LogP contribution in [0.4, 0.5) is 0 Å². The van der Waals surface area contributed by atoms with Crippen molar-refractivity contribution >= 4 is 5.91 Å². The molecular weight excluding hydrogens is 150 g/mol. The van der Waals surface area contributed by atoms with Crippen LogP contribution < -0.4 is 0 Å². The Morgan fingerprint density at radius 2 is 1.92 bits per heavy atom. The Balaban J connectivity index is 2.35. The standard InChI is InChI=1S/C10H19NO/c1-3-5-9(6-4-2)11-8-7-10(11)12/h9H,3-8H2,1-2H3. The van der Waals surface area contributed by atoms with Crippen LogP contribution in [0.1, 0.15) is 46.0 Å². The monoisotopic (exact) mass is 169 g/mol. The van der Waals surface area contributed by atoms with Crippen LogP contribution in [-0.2, 0) is 4.79 Å². The van der Waals surface area contributed by atoms with Crippen molar-refractivity contribution in [3.05, 3.63) is 0 Å². The lowest BCUT2D eigenvalue weighted by Crippen LogP contribution is -2.49. The molecule has 0 bridgehead atoms. The number of amides is 1. The van der Waals surface area contributed by atoms with E-state index >= 15 is 0 Å². The summed E-state index contributed by atoms with van der Waals surface area (Å²) in [6, 6.07) is 0.543. The third-order valence-corrected chi connectivity index (χ3v) is 2.57. The van der Waals surface area contributed by atoms with Crippen molar-refractivity contribution in [2.24, 2.45) is 0 Å². The molecule has 0 aliphatic carbocycles. The zero-order chi connectivity index (χ0) is 8.97. The second-order valence-electron chi connectivity index (χ2n) is 3.57. The van der Waals surface area contributed by atoms with Crippen LogP contribution in [0.5, 0.6) is 0 Å². The second-order valence-corrected chi connectivity index (χ2v) is 3.57. The van der Waals surface area contributed by atoms with Gasteiger partial charge in [-0.05, 0) is 12.8 Å². The molecule has 1 aliphatic heterocycles. The number of hydrogen-bond donors (Lipinski definition) is 0. The Morgan fingerprint density at radius 3 is 2.17 bits per heavy atom. The summed E-state index contributed by atoms with van der Waals surface area (Å²) in [5.74, 6) is 0.363. The van der Waals surface area contributed by atoms with Gasteiger partial charge in [-0.2, -0.15) is 0 Å². The molecule has 0 radical (unpaired) electrons. The van der Waals surface area contributed by atoms with E-state index in [9.17, 15) is 4.79 Å². The number of carbonyl (C=O) groups is 1. The van der Waals surface area contributed by atoms with Crippen molar-refractivity contribution in [3.8, 4) is 0 Å². The minimum Gasteiger partial charge on any atom is -0.339 e. The fourth-order valence-electron chi connectivity index (χ4n) is 1.84. The van der Waals surface area contributed by atoms with Gasteiger partial charge >= 0.3 is 0 Å². The average molecular weight is 169 g/mol. The first kappa shape index (κ1) is 9.56. The van der Waals surface area contributed by atoms with Gasteiger partial charge in [-0.25, -0.2) is 0 Å². The van der Waals surface area contributed by atoms with Gasteiger partial charge in [-0.1, -0.05) is 26.7 Å². The van der Waals surface area contributed by atoms with Gasteiger partial charge in [0.1, 0.15) is 0 Å². The molecule has 1 heterocycles. The molecule has 1 saturated heterocycles. The third kappa shape index (κ3) is 1.99. The molecular formula is C10H19NO. The van der Waals surface area contributed by atoms with E-state index < -0.39 is 0 Å². The molecule has 1 rings (SSSR count). The Hall–Kier alpha value is -0.530. The highest BCUT2D eigenvalue weighted by Gasteiger charge is 2.29. The molecule has 0 aromatic heterocycles. The smallest absolute Gasteiger partial charge is 0.224 e. The molecule has 2 heteroatoms. The van der Waals surface area contributed by atoms with Gasteiger partial charge in [0.05, 0.1) is 0 Å². The first-order chi connectivity index (χ1) is 5.79. The SMILES string of the molecule is CCCC(CCC)N1CCC1=O. The van der Waals surface area contributed by atoms with Crippen molar-refractivity contribution in [1.82, 2.24) is 4.90 Å². The maximum atomic E-state index is 11.1. The number of hydrogen-bond acceptors (Lipinski definition) is 1. The van der Waals surface area contributed by atoms with Gasteiger partial charge in [0.2, 0.25) is 5.91 Å². The summed E-state index contributed by atoms with van der Waals surface area (Å²) >= 11 is 0. The Kier molecular flexibility index (Phi) is 3.57. The Labute approximate surface area is 74.9 Å². The number of β-lactam (4-membered cyclic amide) rings is 1. The molecule has 1 aliphatic rings. The van der Waals surface area contributed by atoms with Crippen molar-refractivity contribution in [2.75, 3.05) is 6.54 Å². The summed E-state index contributed by atoms with van der Waals surface area (Å²) in [4.78, 5) is 13.2. The van der Waals surface area contributed by atoms with Gasteiger partial charge in [0.25, 0.3) is 0 Å². The van der Waals surface area contributed by atoms with Crippen LogP contribution >= 0.6 is 0 Å². The molecule has 1 fully saturated rings. The van der Waals surface area contributed by atoms with Crippen LogP contribution in [0.3, 0.4) is 0 Å². The molecule has 0 N–H and O–H groups in total. The first-order valence-electron chi connectivity index (χ1n) is 5.09. The third-order valence-electron chi connectivity index (χ3n) is 2.57. The van der Waals surface area contributed by atoms with Gasteiger partial charge in [0, 0.05) is 19.0 Å². The van der Waals surface area contributed by atoms with Crippen molar-refractivity contribution in [3.63, 3.8) is 0 Å². The molecule has 0 spiro atoms. The lowest BCUT2D eigenvalue weighted by atomic mass is 10.0. The van der Waals surface area contributed by atoms with Crippen LogP contribution in [0, 0.1) is 0 Å². The summed E-state index contributed by atoms with van der Waals surface area (Å²) in [7, 11) is 0. The maximum Gasteiger partial charge on any atom is 0.224 e. The minimum absolute atomic E-state index is 0.363. The Morgan fingerprint density at radius 1 is 1.33 bits per heavy atom. The van der Waals surface area contributed by atoms with E-state index in [0.29, 0.717) is 11.9 Å². The Bertz CT molecular complexity index is 150. The topological polar surface area (TPSA) is 20.3 Å². The number of rotatable bonds is 5. The summed E-state index contributed by atoms with van der Waals surface area (Å²) in [5.41, 5.74) is 0. The number of carbonyl (C=O) groups excluding carboxylic acids is 1. The van der Waals surface area contributed by atoms with E-state index in [2.05, 4.69) is 13.8 Å². The molecule has 12 heavy (non-hydrogen) atoms. The maximum absolute atomic E-state index is 11.1. The van der Waals surface area contributed by atoms with E-state index in [0.717, 1.165) is 13.0 Å². The van der Waals surface area contributed by atoms with E-state index in [4.69, 9.17) is 0 Å². The minimum atomic E-state index is 0.363. The highest BCUT2D eigenvalue weighted by molar-refractivity contribution is 5.81. The lowest BCUT2D eigenvalue weighted by Gasteiger charge is -2.38. The van der Waals surface area contributed by atoms with E-state index in [1.807, 2.05) is 4.90 Å². The number of likely N-dealkylation sites (tertiary alicyclic amines) is 1. The van der Waals surface area contributed by atoms with Crippen molar-refractivity contribution in [1.29, 1.82) is 0 Å². The molecule has 1 amide bonds. The zero-order valence-electron chi connectivity index (χ0n) is 8.18. The first-order valence-corrected chi connectivity index (χ1v) is 5.09. The lowest BCUT2D eigenvalue weighted by molar-refractivity contribution is -0.143. The molecule has 0 atom stereocenters. The fraction of sp³-hybridized carbons (Fsp3) is 0.900. The quantitative estimate of drug-likeness (QED) is 0.578. The predicted octanol–water partition coefficient (Wildman–Crippen LogP) is 2.19. The number of nitrogens with zero attached hydrogens (tertiary/aromatic N) is 1.